The number of carbonyl (C=O) groups excluding carboxylic acids is 1. The number of methoxy groups -OCH3 is 1. The highest BCUT2D eigenvalue weighted by Crippen LogP contribution is 2.33. The van der Waals surface area contributed by atoms with E-state index in [1.165, 1.54) is 19.1 Å². The molecule has 1 aromatic carbocycles. The Morgan fingerprint density at radius 1 is 1.32 bits per heavy atom. The Morgan fingerprint density at radius 2 is 2.05 bits per heavy atom. The van der Waals surface area contributed by atoms with E-state index in [4.69, 9.17) is 16.3 Å². The van der Waals surface area contributed by atoms with Gasteiger partial charge < -0.3 is 4.74 Å². The van der Waals surface area contributed by atoms with E-state index in [1.54, 1.807) is 12.3 Å². The highest BCUT2D eigenvalue weighted by Gasteiger charge is 2.22. The molecule has 22 heavy (non-hydrogen) atoms. The fraction of sp³-hybridized carbons (Fsp3) is 0.125. The van der Waals surface area contributed by atoms with Crippen LogP contribution in [0.4, 0.5) is 0 Å². The Hall–Kier alpha value is -1.98. The number of hydrogen-bond donors (Lipinski definition) is 0. The molecule has 2 aromatic heterocycles. The van der Waals surface area contributed by atoms with Crippen LogP contribution >= 0.6 is 23.5 Å². The molecular formula is C16H13ClN2O2S. The third-order valence-electron chi connectivity index (χ3n) is 3.29. The third-order valence-corrected chi connectivity index (χ3v) is 4.61. The number of pyridine rings is 1. The summed E-state index contributed by atoms with van der Waals surface area (Å²) in [7, 11) is 1.37. The van der Waals surface area contributed by atoms with Gasteiger partial charge in [0, 0.05) is 22.2 Å². The molecule has 0 aliphatic rings. The molecular weight excluding hydrogens is 320 g/mol. The van der Waals surface area contributed by atoms with Crippen molar-refractivity contribution in [2.24, 2.45) is 0 Å². The Kier molecular flexibility index (Phi) is 4.09. The summed E-state index contributed by atoms with van der Waals surface area (Å²) in [5.41, 5.74) is 1.97. The molecule has 6 heteroatoms. The Balaban J connectivity index is 2.22. The van der Waals surface area contributed by atoms with E-state index < -0.39 is 0 Å². The number of fused-ring (bicyclic) bond motifs is 1. The van der Waals surface area contributed by atoms with Gasteiger partial charge in [-0.05, 0) is 37.1 Å². The monoisotopic (exact) mass is 332 g/mol. The summed E-state index contributed by atoms with van der Waals surface area (Å²) >= 11 is 7.53. The predicted octanol–water partition coefficient (Wildman–Crippen LogP) is 4.34. The zero-order valence-electron chi connectivity index (χ0n) is 12.0. The highest BCUT2D eigenvalue weighted by atomic mass is 35.5. The maximum Gasteiger partial charge on any atom is 0.340 e. The number of esters is 1. The lowest BCUT2D eigenvalue weighted by atomic mass is 10.2. The van der Waals surface area contributed by atoms with E-state index in [2.05, 4.69) is 4.98 Å². The van der Waals surface area contributed by atoms with Gasteiger partial charge in [-0.1, -0.05) is 29.8 Å². The molecule has 112 valence electrons. The molecule has 3 rings (SSSR count). The van der Waals surface area contributed by atoms with Crippen molar-refractivity contribution >= 4 is 40.6 Å². The molecule has 0 radical (unpaired) electrons. The summed E-state index contributed by atoms with van der Waals surface area (Å²) in [5.74, 6) is -0.390. The van der Waals surface area contributed by atoms with E-state index in [1.807, 2.05) is 41.2 Å². The van der Waals surface area contributed by atoms with Gasteiger partial charge in [-0.25, -0.2) is 9.78 Å². The molecule has 0 fully saturated rings. The average molecular weight is 333 g/mol. The van der Waals surface area contributed by atoms with Gasteiger partial charge in [-0.3, -0.25) is 3.97 Å². The second-order valence-electron chi connectivity index (χ2n) is 4.68. The Labute approximate surface area is 137 Å². The first kappa shape index (κ1) is 14.9. The van der Waals surface area contributed by atoms with Gasteiger partial charge in [-0.15, -0.1) is 0 Å². The summed E-state index contributed by atoms with van der Waals surface area (Å²) in [6.45, 7) is 1.87. The summed E-state index contributed by atoms with van der Waals surface area (Å²) in [6.07, 6.45) is 1.58. The molecule has 0 bridgehead atoms. The van der Waals surface area contributed by atoms with Crippen molar-refractivity contribution in [2.75, 3.05) is 7.11 Å². The number of carbonyl (C=O) groups is 1. The van der Waals surface area contributed by atoms with Crippen molar-refractivity contribution in [1.82, 2.24) is 8.96 Å². The number of hydrogen-bond acceptors (Lipinski definition) is 4. The molecule has 0 spiro atoms. The van der Waals surface area contributed by atoms with Crippen molar-refractivity contribution in [2.45, 2.75) is 11.8 Å². The minimum absolute atomic E-state index is 0.390. The van der Waals surface area contributed by atoms with Crippen LogP contribution in [-0.2, 0) is 4.74 Å². The lowest BCUT2D eigenvalue weighted by molar-refractivity contribution is 0.0602. The van der Waals surface area contributed by atoms with Gasteiger partial charge in [-0.2, -0.15) is 0 Å². The van der Waals surface area contributed by atoms with Crippen LogP contribution in [0.15, 0.2) is 47.5 Å². The first-order chi connectivity index (χ1) is 10.6. The number of rotatable bonds is 3. The lowest BCUT2D eigenvalue weighted by Gasteiger charge is -2.06. The van der Waals surface area contributed by atoms with Crippen molar-refractivity contribution in [3.05, 3.63) is 58.9 Å². The topological polar surface area (TPSA) is 44.1 Å². The van der Waals surface area contributed by atoms with Gasteiger partial charge in [0.25, 0.3) is 0 Å². The number of benzene rings is 1. The Morgan fingerprint density at radius 3 is 2.73 bits per heavy atom. The molecule has 3 aromatic rings. The Bertz CT molecular complexity index is 846. The van der Waals surface area contributed by atoms with Crippen molar-refractivity contribution in [1.29, 1.82) is 0 Å². The van der Waals surface area contributed by atoms with Crippen LogP contribution in [0.5, 0.6) is 0 Å². The second-order valence-corrected chi connectivity index (χ2v) is 6.13. The fourth-order valence-corrected chi connectivity index (χ4v) is 3.40. The van der Waals surface area contributed by atoms with Crippen molar-refractivity contribution < 1.29 is 9.53 Å². The second kappa shape index (κ2) is 6.02. The highest BCUT2D eigenvalue weighted by molar-refractivity contribution is 7.98. The summed E-state index contributed by atoms with van der Waals surface area (Å²) < 4.78 is 6.82. The van der Waals surface area contributed by atoms with Gasteiger partial charge >= 0.3 is 5.97 Å². The van der Waals surface area contributed by atoms with Crippen molar-refractivity contribution in [3.63, 3.8) is 0 Å². The molecule has 4 nitrogen and oxygen atoms in total. The van der Waals surface area contributed by atoms with Crippen LogP contribution in [0, 0.1) is 6.92 Å². The smallest absolute Gasteiger partial charge is 0.340 e. The summed E-state index contributed by atoms with van der Waals surface area (Å²) in [6, 6.07) is 11.6. The van der Waals surface area contributed by atoms with E-state index in [9.17, 15) is 4.79 Å². The number of halogens is 1. The molecule has 0 atom stereocenters. The van der Waals surface area contributed by atoms with Gasteiger partial charge in [0.15, 0.2) is 5.65 Å². The first-order valence-corrected chi connectivity index (χ1v) is 7.75. The number of aromatic nitrogens is 2. The molecule has 2 heterocycles. The summed E-state index contributed by atoms with van der Waals surface area (Å²) in [4.78, 5) is 17.5. The minimum Gasteiger partial charge on any atom is -0.465 e. The quantitative estimate of drug-likeness (QED) is 0.669. The molecule has 0 saturated heterocycles. The van der Waals surface area contributed by atoms with E-state index in [0.29, 0.717) is 21.6 Å². The van der Waals surface area contributed by atoms with Crippen LogP contribution in [0.25, 0.3) is 11.0 Å². The maximum absolute atomic E-state index is 12.1. The zero-order chi connectivity index (χ0) is 15.7. The molecule has 0 aliphatic carbocycles. The molecule has 0 amide bonds. The number of ether oxygens (including phenoxy) is 1. The fourth-order valence-electron chi connectivity index (χ4n) is 2.29. The van der Waals surface area contributed by atoms with E-state index in [-0.39, 0.29) is 5.97 Å². The average Bonchev–Trinajstić information content (AvgIpc) is 2.79. The molecule has 0 aliphatic heterocycles. The maximum atomic E-state index is 12.1. The minimum atomic E-state index is -0.390. The summed E-state index contributed by atoms with van der Waals surface area (Å²) in [5, 5.41) is 1.18. The van der Waals surface area contributed by atoms with Gasteiger partial charge in [0.1, 0.15) is 0 Å². The van der Waals surface area contributed by atoms with E-state index >= 15 is 0 Å². The van der Waals surface area contributed by atoms with E-state index in [0.717, 1.165) is 10.6 Å². The molecule has 0 unspecified atom stereocenters. The van der Waals surface area contributed by atoms with Crippen LogP contribution in [-0.4, -0.2) is 22.0 Å². The molecule has 0 N–H and O–H groups in total. The SMILES string of the molecule is COC(=O)c1c(C)n(Sc2ccccc2)c2ncc(Cl)cc12. The van der Waals surface area contributed by atoms with Gasteiger partial charge in [0.05, 0.1) is 17.7 Å². The largest absolute Gasteiger partial charge is 0.465 e. The van der Waals surface area contributed by atoms with Crippen LogP contribution in [0.2, 0.25) is 5.02 Å². The van der Waals surface area contributed by atoms with Crippen LogP contribution in [0.3, 0.4) is 0 Å². The third kappa shape index (κ3) is 2.58. The standard InChI is InChI=1S/C16H13ClN2O2S/c1-10-14(16(20)21-2)13-8-11(17)9-18-15(13)19(10)22-12-6-4-3-5-7-12/h3-9H,1-2H3. The molecule has 0 saturated carbocycles. The van der Waals surface area contributed by atoms with Crippen molar-refractivity contribution in [3.8, 4) is 0 Å². The lowest BCUT2D eigenvalue weighted by Crippen LogP contribution is -2.03. The number of nitrogens with zero attached hydrogens (tertiary/aromatic N) is 2. The predicted molar refractivity (Wildman–Crippen MR) is 88.5 cm³/mol. The zero-order valence-corrected chi connectivity index (χ0v) is 13.6. The van der Waals surface area contributed by atoms with Gasteiger partial charge in [0.2, 0.25) is 0 Å². The van der Waals surface area contributed by atoms with Crippen LogP contribution < -0.4 is 0 Å². The first-order valence-electron chi connectivity index (χ1n) is 6.60. The normalized spacial score (nSPS) is 10.9. The van der Waals surface area contributed by atoms with Crippen LogP contribution in [0.1, 0.15) is 16.1 Å².